The van der Waals surface area contributed by atoms with Crippen molar-refractivity contribution in [2.24, 2.45) is 11.7 Å². The van der Waals surface area contributed by atoms with Gasteiger partial charge in [-0.1, -0.05) is 6.92 Å². The Morgan fingerprint density at radius 3 is 2.11 bits per heavy atom. The molecule has 6 heteroatoms. The second-order valence-electron chi connectivity index (χ2n) is 5.82. The van der Waals surface area contributed by atoms with Gasteiger partial charge in [0.1, 0.15) is 0 Å². The summed E-state index contributed by atoms with van der Waals surface area (Å²) in [6, 6.07) is 0. The van der Waals surface area contributed by atoms with Crippen LogP contribution in [0.15, 0.2) is 0 Å². The molecule has 1 aliphatic carbocycles. The fourth-order valence-corrected chi connectivity index (χ4v) is 3.43. The molecular weight excluding hydrogens is 243 g/mol. The lowest BCUT2D eigenvalue weighted by Gasteiger charge is -2.55. The van der Waals surface area contributed by atoms with Crippen molar-refractivity contribution in [3.8, 4) is 0 Å². The zero-order valence-corrected chi connectivity index (χ0v) is 10.8. The molecule has 2 rings (SSSR count). The Labute approximate surface area is 106 Å². The van der Waals surface area contributed by atoms with Gasteiger partial charge in [0, 0.05) is 38.3 Å². The van der Waals surface area contributed by atoms with Gasteiger partial charge >= 0.3 is 6.18 Å². The number of nitrogens with two attached hydrogens (primary N) is 1. The molecule has 2 aliphatic rings. The number of halogens is 3. The first-order valence-electron chi connectivity index (χ1n) is 6.59. The summed E-state index contributed by atoms with van der Waals surface area (Å²) >= 11 is 0. The van der Waals surface area contributed by atoms with Crippen LogP contribution in [-0.2, 0) is 0 Å². The van der Waals surface area contributed by atoms with Gasteiger partial charge in [-0.15, -0.1) is 0 Å². The average molecular weight is 265 g/mol. The molecule has 1 aliphatic heterocycles. The lowest BCUT2D eigenvalue weighted by Crippen LogP contribution is -2.65. The Bertz CT molecular complexity index is 279. The molecule has 2 fully saturated rings. The summed E-state index contributed by atoms with van der Waals surface area (Å²) < 4.78 is 36.9. The minimum absolute atomic E-state index is 0.0732. The molecule has 0 bridgehead atoms. The van der Waals surface area contributed by atoms with Crippen LogP contribution in [0.3, 0.4) is 0 Å². The molecule has 18 heavy (non-hydrogen) atoms. The van der Waals surface area contributed by atoms with Crippen molar-refractivity contribution >= 4 is 0 Å². The molecule has 1 heterocycles. The third-order valence-electron chi connectivity index (χ3n) is 4.28. The maximum Gasteiger partial charge on any atom is 0.401 e. The zero-order valence-electron chi connectivity index (χ0n) is 10.8. The number of rotatable bonds is 3. The summed E-state index contributed by atoms with van der Waals surface area (Å²) in [4.78, 5) is 3.79. The Balaban J connectivity index is 1.83. The van der Waals surface area contributed by atoms with E-state index in [9.17, 15) is 13.2 Å². The second-order valence-corrected chi connectivity index (χ2v) is 5.82. The molecule has 2 N–H and O–H groups in total. The molecule has 0 atom stereocenters. The number of hydrogen-bond acceptors (Lipinski definition) is 3. The number of hydrogen-bond donors (Lipinski definition) is 1. The van der Waals surface area contributed by atoms with Crippen LogP contribution in [0, 0.1) is 5.92 Å². The van der Waals surface area contributed by atoms with E-state index < -0.39 is 12.7 Å². The van der Waals surface area contributed by atoms with Gasteiger partial charge in [-0.05, 0) is 18.8 Å². The van der Waals surface area contributed by atoms with Crippen molar-refractivity contribution in [2.45, 2.75) is 31.5 Å². The summed E-state index contributed by atoms with van der Waals surface area (Å²) in [5.41, 5.74) is 5.94. The third-order valence-corrected chi connectivity index (χ3v) is 4.28. The van der Waals surface area contributed by atoms with Crippen LogP contribution in [0.25, 0.3) is 0 Å². The lowest BCUT2D eigenvalue weighted by molar-refractivity contribution is -0.153. The van der Waals surface area contributed by atoms with E-state index >= 15 is 0 Å². The zero-order chi connectivity index (χ0) is 13.4. The van der Waals surface area contributed by atoms with Crippen molar-refractivity contribution in [1.29, 1.82) is 0 Å². The van der Waals surface area contributed by atoms with Gasteiger partial charge in [0.15, 0.2) is 0 Å². The number of piperazine rings is 1. The quantitative estimate of drug-likeness (QED) is 0.834. The maximum absolute atomic E-state index is 12.3. The topological polar surface area (TPSA) is 32.5 Å². The average Bonchev–Trinajstić information content (AvgIpc) is 2.23. The summed E-state index contributed by atoms with van der Waals surface area (Å²) in [5, 5.41) is 0. The minimum atomic E-state index is -4.08. The smallest absolute Gasteiger partial charge is 0.329 e. The van der Waals surface area contributed by atoms with Crippen LogP contribution in [0.2, 0.25) is 0 Å². The van der Waals surface area contributed by atoms with Gasteiger partial charge in [0.2, 0.25) is 0 Å². The van der Waals surface area contributed by atoms with Crippen molar-refractivity contribution in [2.75, 3.05) is 39.3 Å². The van der Waals surface area contributed by atoms with E-state index in [2.05, 4.69) is 11.8 Å². The first-order valence-corrected chi connectivity index (χ1v) is 6.59. The lowest BCUT2D eigenvalue weighted by atomic mass is 9.68. The molecule has 1 saturated carbocycles. The maximum atomic E-state index is 12.3. The molecule has 0 radical (unpaired) electrons. The van der Waals surface area contributed by atoms with Gasteiger partial charge in [-0.25, -0.2) is 0 Å². The molecule has 106 valence electrons. The van der Waals surface area contributed by atoms with Gasteiger partial charge in [-0.2, -0.15) is 13.2 Å². The molecule has 0 spiro atoms. The summed E-state index contributed by atoms with van der Waals surface area (Å²) in [6.45, 7) is 4.45. The van der Waals surface area contributed by atoms with Crippen molar-refractivity contribution in [3.63, 3.8) is 0 Å². The third kappa shape index (κ3) is 2.97. The first-order chi connectivity index (χ1) is 8.35. The highest BCUT2D eigenvalue weighted by atomic mass is 19.4. The number of nitrogens with zero attached hydrogens (tertiary/aromatic N) is 2. The standard InChI is InChI=1S/C12H22F3N3/c1-10-6-11(7-10,8-16)18-4-2-17(3-5-18)9-12(13,14)15/h10H,2-9,16H2,1H3. The SMILES string of the molecule is CC1CC(CN)(N2CCN(CC(F)(F)F)CC2)C1. The molecule has 0 aromatic rings. The molecule has 1 saturated heterocycles. The normalized spacial score (nSPS) is 35.5. The molecule has 0 aromatic carbocycles. The highest BCUT2D eigenvalue weighted by Gasteiger charge is 2.46. The molecule has 0 unspecified atom stereocenters. The highest BCUT2D eigenvalue weighted by Crippen LogP contribution is 2.41. The van der Waals surface area contributed by atoms with E-state index in [-0.39, 0.29) is 5.54 Å². The summed E-state index contributed by atoms with van der Waals surface area (Å²) in [5.74, 6) is 0.696. The van der Waals surface area contributed by atoms with E-state index in [1.807, 2.05) is 0 Å². The van der Waals surface area contributed by atoms with E-state index in [0.717, 1.165) is 12.8 Å². The van der Waals surface area contributed by atoms with Crippen molar-refractivity contribution in [1.82, 2.24) is 9.80 Å². The molecule has 0 aromatic heterocycles. The summed E-state index contributed by atoms with van der Waals surface area (Å²) in [6.07, 6.45) is -1.91. The number of alkyl halides is 3. The van der Waals surface area contributed by atoms with Crippen molar-refractivity contribution < 1.29 is 13.2 Å². The van der Waals surface area contributed by atoms with Crippen LogP contribution in [0.4, 0.5) is 13.2 Å². The van der Waals surface area contributed by atoms with Gasteiger partial charge < -0.3 is 5.73 Å². The van der Waals surface area contributed by atoms with E-state index in [0.29, 0.717) is 38.6 Å². The molecule has 0 amide bonds. The van der Waals surface area contributed by atoms with Crippen LogP contribution in [-0.4, -0.2) is 60.8 Å². The Hall–Kier alpha value is -0.330. The Morgan fingerprint density at radius 1 is 1.17 bits per heavy atom. The van der Waals surface area contributed by atoms with Crippen LogP contribution >= 0.6 is 0 Å². The predicted molar refractivity (Wildman–Crippen MR) is 64.3 cm³/mol. The van der Waals surface area contributed by atoms with Gasteiger partial charge in [-0.3, -0.25) is 9.80 Å². The van der Waals surface area contributed by atoms with Gasteiger partial charge in [0.05, 0.1) is 6.54 Å². The Morgan fingerprint density at radius 2 is 1.72 bits per heavy atom. The fraction of sp³-hybridized carbons (Fsp3) is 1.00. The van der Waals surface area contributed by atoms with E-state index in [4.69, 9.17) is 5.73 Å². The van der Waals surface area contributed by atoms with Crippen LogP contribution in [0.5, 0.6) is 0 Å². The fourth-order valence-electron chi connectivity index (χ4n) is 3.43. The second kappa shape index (κ2) is 4.98. The van der Waals surface area contributed by atoms with E-state index in [1.54, 1.807) is 0 Å². The summed E-state index contributed by atoms with van der Waals surface area (Å²) in [7, 11) is 0. The first kappa shape index (κ1) is 14.1. The van der Waals surface area contributed by atoms with E-state index in [1.165, 1.54) is 4.90 Å². The van der Waals surface area contributed by atoms with Crippen LogP contribution in [0.1, 0.15) is 19.8 Å². The van der Waals surface area contributed by atoms with Gasteiger partial charge in [0.25, 0.3) is 0 Å². The largest absolute Gasteiger partial charge is 0.401 e. The predicted octanol–water partition coefficient (Wildman–Crippen LogP) is 1.29. The Kier molecular flexibility index (Phi) is 3.90. The monoisotopic (exact) mass is 265 g/mol. The minimum Gasteiger partial charge on any atom is -0.329 e. The van der Waals surface area contributed by atoms with Crippen LogP contribution < -0.4 is 5.73 Å². The van der Waals surface area contributed by atoms with Crippen molar-refractivity contribution in [3.05, 3.63) is 0 Å². The molecular formula is C12H22F3N3. The highest BCUT2D eigenvalue weighted by molar-refractivity contribution is 5.03. The molecule has 3 nitrogen and oxygen atoms in total.